The van der Waals surface area contributed by atoms with Crippen LogP contribution in [0.25, 0.3) is 5.65 Å². The van der Waals surface area contributed by atoms with Crippen molar-refractivity contribution in [3.8, 4) is 0 Å². The van der Waals surface area contributed by atoms with Crippen LogP contribution in [0.1, 0.15) is 17.0 Å². The molecular formula is C26H26ClN10O5S3+. The van der Waals surface area contributed by atoms with E-state index in [9.17, 15) is 19.5 Å². The topological polar surface area (TPSA) is 213 Å². The Labute approximate surface area is 272 Å². The van der Waals surface area contributed by atoms with Crippen molar-refractivity contribution in [2.24, 2.45) is 27.5 Å². The smallest absolute Gasteiger partial charge is 0.352 e. The molecule has 4 aromatic heterocycles. The maximum Gasteiger partial charge on any atom is 0.352 e. The van der Waals surface area contributed by atoms with Gasteiger partial charge in [-0.3, -0.25) is 14.5 Å². The number of fused-ring (bicyclic) bond motifs is 2. The first-order valence-electron chi connectivity index (χ1n) is 13.2. The first-order chi connectivity index (χ1) is 21.5. The third-order valence-electron chi connectivity index (χ3n) is 7.21. The van der Waals surface area contributed by atoms with Crippen LogP contribution in [0.3, 0.4) is 0 Å². The molecule has 0 saturated carbocycles. The lowest BCUT2D eigenvalue weighted by molar-refractivity contribution is -0.661. The van der Waals surface area contributed by atoms with Crippen molar-refractivity contribution in [2.45, 2.75) is 24.9 Å². The predicted molar refractivity (Wildman–Crippen MR) is 170 cm³/mol. The summed E-state index contributed by atoms with van der Waals surface area (Å²) in [4.78, 5) is 54.3. The van der Waals surface area contributed by atoms with Gasteiger partial charge in [-0.05, 0) is 11.6 Å². The van der Waals surface area contributed by atoms with Gasteiger partial charge in [0.15, 0.2) is 28.8 Å². The van der Waals surface area contributed by atoms with E-state index in [0.717, 1.165) is 21.9 Å². The molecule has 0 bridgehead atoms. The average molecular weight is 690 g/mol. The summed E-state index contributed by atoms with van der Waals surface area (Å²) in [5, 5.41) is 15.5. The van der Waals surface area contributed by atoms with Gasteiger partial charge in [-0.2, -0.15) is 0 Å². The van der Waals surface area contributed by atoms with Crippen LogP contribution < -0.4 is 21.8 Å². The third kappa shape index (κ3) is 5.76. The molecule has 6 rings (SSSR count). The maximum atomic E-state index is 13.3. The zero-order valence-corrected chi connectivity index (χ0v) is 26.7. The Morgan fingerprint density at radius 3 is 2.80 bits per heavy atom. The molecule has 0 aliphatic carbocycles. The molecule has 45 heavy (non-hydrogen) atoms. The van der Waals surface area contributed by atoms with E-state index in [0.29, 0.717) is 23.6 Å². The van der Waals surface area contributed by atoms with Gasteiger partial charge >= 0.3 is 11.6 Å². The number of nitrogen functional groups attached to an aromatic ring is 1. The molecule has 0 aromatic carbocycles. The Kier molecular flexibility index (Phi) is 8.29. The number of Topliss-reactive ketones (excluding diaryl/α,β-unsaturated/α-hetero) is 1. The molecule has 0 unspecified atom stereocenters. The summed E-state index contributed by atoms with van der Waals surface area (Å²) in [5.41, 5.74) is 18.7. The van der Waals surface area contributed by atoms with E-state index < -0.39 is 29.0 Å². The van der Waals surface area contributed by atoms with E-state index in [-0.39, 0.29) is 45.5 Å². The normalized spacial score (nSPS) is 18.2. The minimum absolute atomic E-state index is 0.00447. The maximum absolute atomic E-state index is 13.3. The number of ketones is 1. The number of β-lactam (4-membered cyclic amide) rings is 1. The first kappa shape index (κ1) is 30.6. The summed E-state index contributed by atoms with van der Waals surface area (Å²) in [6, 6.07) is 3.85. The second kappa shape index (κ2) is 12.2. The zero-order chi connectivity index (χ0) is 32.0. The number of hydrogen-bond donors (Lipinski definition) is 4. The summed E-state index contributed by atoms with van der Waals surface area (Å²) in [7, 11) is 1.27. The number of aliphatic imine (C=N–C) groups is 1. The summed E-state index contributed by atoms with van der Waals surface area (Å²) >= 11 is 10.1. The highest BCUT2D eigenvalue weighted by atomic mass is 35.5. The first-order valence-corrected chi connectivity index (χ1v) is 16.4. The number of aliphatic carboxylic acids is 1. The minimum Gasteiger partial charge on any atom is -0.477 e. The second-order valence-corrected chi connectivity index (χ2v) is 13.8. The monoisotopic (exact) mass is 689 g/mol. The number of nitrogens with two attached hydrogens (primary N) is 3. The summed E-state index contributed by atoms with van der Waals surface area (Å²) in [6.45, 7) is 0.835. The molecule has 15 nitrogen and oxygen atoms in total. The average Bonchev–Trinajstić information content (AvgIpc) is 3.77. The number of rotatable bonds is 11. The number of guanidine groups is 1. The van der Waals surface area contributed by atoms with E-state index in [1.54, 1.807) is 0 Å². The predicted octanol–water partition coefficient (Wildman–Crippen LogP) is 1.62. The van der Waals surface area contributed by atoms with Crippen LogP contribution in [0.2, 0.25) is 4.34 Å². The lowest BCUT2D eigenvalue weighted by Gasteiger charge is -2.49. The van der Waals surface area contributed by atoms with Gasteiger partial charge in [-0.1, -0.05) is 28.1 Å². The fourth-order valence-electron chi connectivity index (χ4n) is 5.34. The Bertz CT molecular complexity index is 1930. The van der Waals surface area contributed by atoms with E-state index >= 15 is 0 Å². The highest BCUT2D eigenvalue weighted by Gasteiger charge is 2.54. The van der Waals surface area contributed by atoms with E-state index in [2.05, 4.69) is 19.7 Å². The van der Waals surface area contributed by atoms with Crippen LogP contribution in [0, 0.1) is 5.92 Å². The zero-order valence-electron chi connectivity index (χ0n) is 23.5. The van der Waals surface area contributed by atoms with Gasteiger partial charge in [-0.25, -0.2) is 24.0 Å². The number of thioether (sulfide) groups is 1. The highest BCUT2D eigenvalue weighted by molar-refractivity contribution is 8.00. The number of anilines is 1. The summed E-state index contributed by atoms with van der Waals surface area (Å²) in [5.74, 6) is -2.57. The fraction of sp³-hybridized carbons (Fsp3) is 0.269. The van der Waals surface area contributed by atoms with Gasteiger partial charge in [0.25, 0.3) is 0 Å². The number of thiophene rings is 1. The Morgan fingerprint density at radius 1 is 1.31 bits per heavy atom. The lowest BCUT2D eigenvalue weighted by Crippen LogP contribution is -2.62. The van der Waals surface area contributed by atoms with Crippen molar-refractivity contribution in [1.82, 2.24) is 19.1 Å². The molecule has 4 aromatic rings. The molecule has 0 spiro atoms. The lowest BCUT2D eigenvalue weighted by atomic mass is 9.89. The number of halogens is 1. The molecule has 0 radical (unpaired) electrons. The highest BCUT2D eigenvalue weighted by Crippen LogP contribution is 2.45. The molecular weight excluding hydrogens is 664 g/mol. The standard InChI is InChI=1S/C26H25ClN10O5S3/c1-42-33-18(19-21(27)45-26(30)32-19)16(38)7-15-22(39)37-20(24(40)41)12(10-44-23(15)37)8-35-3-2-17-34(4-5-36(17)35)9-14-6-13(11-43-14)31-25(28)29/h2-6,11,15,23H,7-10H2,1H3,(H6-,28,29,30,31,32,40,41)/p+1/b33-18+/t15-,23-/m1/s1. The number of amides is 1. The van der Waals surface area contributed by atoms with Gasteiger partial charge in [0, 0.05) is 22.4 Å². The fourth-order valence-corrected chi connectivity index (χ4v) is 8.47. The molecule has 6 heterocycles. The number of aromatic nitrogens is 4. The van der Waals surface area contributed by atoms with Crippen LogP contribution in [0.4, 0.5) is 10.8 Å². The van der Waals surface area contributed by atoms with Gasteiger partial charge in [0.2, 0.25) is 5.91 Å². The summed E-state index contributed by atoms with van der Waals surface area (Å²) < 4.78 is 6.02. The number of carboxylic acids is 1. The van der Waals surface area contributed by atoms with Gasteiger partial charge in [-0.15, -0.1) is 27.6 Å². The largest absolute Gasteiger partial charge is 0.477 e. The van der Waals surface area contributed by atoms with Crippen molar-refractivity contribution >= 4 is 91.8 Å². The van der Waals surface area contributed by atoms with Crippen molar-refractivity contribution in [3.63, 3.8) is 0 Å². The van der Waals surface area contributed by atoms with E-state index in [1.165, 1.54) is 35.1 Å². The van der Waals surface area contributed by atoms with Crippen molar-refractivity contribution < 1.29 is 28.9 Å². The number of hydrogen-bond acceptors (Lipinski definition) is 11. The molecule has 1 saturated heterocycles. The van der Waals surface area contributed by atoms with E-state index in [1.807, 2.05) is 45.3 Å². The van der Waals surface area contributed by atoms with Crippen molar-refractivity contribution in [2.75, 3.05) is 18.6 Å². The Hall–Kier alpha value is -4.39. The van der Waals surface area contributed by atoms with Crippen molar-refractivity contribution in [3.05, 3.63) is 62.3 Å². The second-order valence-electron chi connectivity index (χ2n) is 10.0. The van der Waals surface area contributed by atoms with E-state index in [4.69, 9.17) is 33.6 Å². The van der Waals surface area contributed by atoms with Crippen LogP contribution >= 0.6 is 46.0 Å². The SMILES string of the molecule is CO/N=C(\C(=O)C[C@@H]1C(=O)N2C(C(=O)O)=C(Cn3ccc4n3cc[n+]4Cc3cc(N=C(N)N)cs3)CS[C@H]12)c1nc(N)sc1Cl. The summed E-state index contributed by atoms with van der Waals surface area (Å²) in [6.07, 6.45) is 5.46. The molecule has 1 fully saturated rings. The van der Waals surface area contributed by atoms with Gasteiger partial charge in [0.05, 0.1) is 35.8 Å². The number of carboxylic acid groups (broad SMARTS) is 1. The minimum atomic E-state index is -1.21. The molecule has 7 N–H and O–H groups in total. The van der Waals surface area contributed by atoms with Gasteiger partial charge in [0.1, 0.15) is 35.6 Å². The molecule has 1 amide bonds. The van der Waals surface area contributed by atoms with Crippen LogP contribution in [-0.4, -0.2) is 71.8 Å². The van der Waals surface area contributed by atoms with Crippen molar-refractivity contribution in [1.29, 1.82) is 0 Å². The van der Waals surface area contributed by atoms with Crippen LogP contribution in [0.15, 0.2) is 57.5 Å². The van der Waals surface area contributed by atoms with Gasteiger partial charge < -0.3 is 27.1 Å². The molecule has 234 valence electrons. The molecule has 2 aliphatic heterocycles. The quantitative estimate of drug-likeness (QED) is 0.0587. The Balaban J connectivity index is 1.19. The van der Waals surface area contributed by atoms with Crippen LogP contribution in [-0.2, 0) is 32.3 Å². The third-order valence-corrected chi connectivity index (χ3v) is 10.6. The number of carbonyl (C=O) groups excluding carboxylic acids is 2. The number of nitrogens with zero attached hydrogens (tertiary/aromatic N) is 7. The number of carbonyl (C=O) groups is 3. The van der Waals surface area contributed by atoms with Crippen LogP contribution in [0.5, 0.6) is 0 Å². The number of imidazole rings is 1. The molecule has 2 atom stereocenters. The Morgan fingerprint density at radius 2 is 2.11 bits per heavy atom. The molecule has 19 heteroatoms. The number of oxime groups is 1. The molecule has 2 aliphatic rings. The number of thiazole rings is 1.